The minimum absolute atomic E-state index is 0. The van der Waals surface area contributed by atoms with Crippen LogP contribution in [-0.2, 0) is 21.7 Å². The van der Waals surface area contributed by atoms with Crippen molar-refractivity contribution >= 4 is 21.4 Å². The summed E-state index contributed by atoms with van der Waals surface area (Å²) in [4.78, 5) is 0. The zero-order valence-corrected chi connectivity index (χ0v) is 24.3. The van der Waals surface area contributed by atoms with E-state index in [9.17, 15) is 0 Å². The van der Waals surface area contributed by atoms with Gasteiger partial charge in [-0.1, -0.05) is 111 Å². The summed E-state index contributed by atoms with van der Waals surface area (Å²) in [5.74, 6) is 1.71. The molecular weight excluding hydrogens is 476 g/mol. The molecule has 0 saturated heterocycles. The van der Waals surface area contributed by atoms with Gasteiger partial charge in [-0.05, 0) is 37.1 Å². The molecule has 0 N–H and O–H groups in total. The molecule has 1 nitrogen and oxygen atoms in total. The van der Waals surface area contributed by atoms with Crippen LogP contribution in [0.1, 0.15) is 37.0 Å². The van der Waals surface area contributed by atoms with Crippen LogP contribution in [0.4, 0.5) is 0 Å². The van der Waals surface area contributed by atoms with Gasteiger partial charge in [0.1, 0.15) is 11.5 Å². The minimum Gasteiger partial charge on any atom is -0.456 e. The molecule has 179 valence electrons. The van der Waals surface area contributed by atoms with Gasteiger partial charge < -0.3 is 4.74 Å². The molecule has 0 bridgehead atoms. The van der Waals surface area contributed by atoms with Crippen molar-refractivity contribution in [3.63, 3.8) is 0 Å². The van der Waals surface area contributed by atoms with E-state index in [4.69, 9.17) is 4.74 Å². The van der Waals surface area contributed by atoms with Gasteiger partial charge in [0.2, 0.25) is 0 Å². The second-order valence-electron chi connectivity index (χ2n) is 8.08. The number of benzene rings is 3. The molecule has 4 rings (SSSR count). The second kappa shape index (κ2) is 17.7. The van der Waals surface area contributed by atoms with Gasteiger partial charge in [-0.3, -0.25) is 6.08 Å². The minimum atomic E-state index is 0. The van der Waals surface area contributed by atoms with Crippen molar-refractivity contribution in [2.75, 3.05) is 0 Å². The van der Waals surface area contributed by atoms with E-state index in [1.165, 1.54) is 16.7 Å². The van der Waals surface area contributed by atoms with Crippen LogP contribution < -0.4 is 4.74 Å². The Morgan fingerprint density at radius 3 is 1.91 bits per heavy atom. The molecule has 1 aliphatic carbocycles. The molecule has 0 aliphatic heterocycles. The van der Waals surface area contributed by atoms with Crippen molar-refractivity contribution in [3.05, 3.63) is 137 Å². The van der Waals surface area contributed by atoms with Crippen molar-refractivity contribution in [1.29, 1.82) is 0 Å². The largest absolute Gasteiger partial charge is 0.456 e. The zero-order valence-electron chi connectivity index (χ0n) is 21.6. The number of para-hydroxylation sites is 1. The SMILES string of the molecule is CC(C=Cc1ccc(C)cc1)=C(Oc1ccccc1)c1ccccc1.CC1=[C-]CC=C1.C[SiH]C.[Ti]. The molecule has 0 fully saturated rings. The van der Waals surface area contributed by atoms with Gasteiger partial charge in [0, 0.05) is 36.8 Å². The predicted octanol–water partition coefficient (Wildman–Crippen LogP) is 8.73. The Balaban J connectivity index is 0.000000520. The molecule has 0 aromatic heterocycles. The maximum absolute atomic E-state index is 6.20. The Hall–Kier alpha value is -2.65. The number of allylic oxidation sites excluding steroid dienone is 6. The summed E-state index contributed by atoms with van der Waals surface area (Å²) >= 11 is 0. The van der Waals surface area contributed by atoms with Gasteiger partial charge in [-0.25, -0.2) is 11.6 Å². The van der Waals surface area contributed by atoms with Crippen LogP contribution in [0.15, 0.2) is 114 Å². The topological polar surface area (TPSA) is 9.23 Å². The fraction of sp³-hybridized carbons (Fsp3) is 0.188. The summed E-state index contributed by atoms with van der Waals surface area (Å²) in [6, 6.07) is 28.6. The first-order chi connectivity index (χ1) is 16.5. The number of ether oxygens (including phenoxy) is 1. The molecule has 1 aliphatic rings. The Bertz CT molecular complexity index is 1090. The summed E-state index contributed by atoms with van der Waals surface area (Å²) in [7, 11) is 0.750. The second-order valence-corrected chi connectivity index (χ2v) is 9.24. The van der Waals surface area contributed by atoms with E-state index >= 15 is 0 Å². The molecular formula is C32H36OSiTi-. The van der Waals surface area contributed by atoms with Crippen molar-refractivity contribution in [3.8, 4) is 5.75 Å². The molecule has 0 saturated carbocycles. The van der Waals surface area contributed by atoms with Gasteiger partial charge in [-0.15, -0.1) is 6.42 Å². The molecule has 0 heterocycles. The summed E-state index contributed by atoms with van der Waals surface area (Å²) in [5, 5.41) is 0. The normalized spacial score (nSPS) is 12.3. The quantitative estimate of drug-likeness (QED) is 0.144. The predicted molar refractivity (Wildman–Crippen MR) is 151 cm³/mol. The van der Waals surface area contributed by atoms with Crippen molar-refractivity contribution in [2.45, 2.75) is 40.3 Å². The average Bonchev–Trinajstić information content (AvgIpc) is 3.35. The molecule has 35 heavy (non-hydrogen) atoms. The third kappa shape index (κ3) is 12.0. The summed E-state index contributed by atoms with van der Waals surface area (Å²) in [6.45, 7) is 10.7. The van der Waals surface area contributed by atoms with Crippen LogP contribution >= 0.6 is 0 Å². The van der Waals surface area contributed by atoms with E-state index in [1.807, 2.05) is 48.5 Å². The molecule has 1 radical (unpaired) electrons. The number of hydrogen-bond acceptors (Lipinski definition) is 1. The first-order valence-electron chi connectivity index (χ1n) is 11.8. The van der Waals surface area contributed by atoms with Crippen LogP contribution in [0.2, 0.25) is 13.1 Å². The number of aryl methyl sites for hydroxylation is 1. The third-order valence-electron chi connectivity index (χ3n) is 4.83. The fourth-order valence-corrected chi connectivity index (χ4v) is 3.05. The zero-order chi connectivity index (χ0) is 24.6. The van der Waals surface area contributed by atoms with E-state index < -0.39 is 0 Å². The van der Waals surface area contributed by atoms with E-state index in [0.717, 1.165) is 38.6 Å². The van der Waals surface area contributed by atoms with E-state index in [1.54, 1.807) is 0 Å². The molecule has 0 spiro atoms. The first kappa shape index (κ1) is 30.4. The Labute approximate surface area is 230 Å². The van der Waals surface area contributed by atoms with E-state index in [0.29, 0.717) is 0 Å². The smallest absolute Gasteiger partial charge is 0.137 e. The first-order valence-corrected chi connectivity index (χ1v) is 14.1. The van der Waals surface area contributed by atoms with Gasteiger partial charge in [0.05, 0.1) is 0 Å². The van der Waals surface area contributed by atoms with Gasteiger partial charge >= 0.3 is 0 Å². The average molecular weight is 513 g/mol. The maximum Gasteiger partial charge on any atom is 0.137 e. The van der Waals surface area contributed by atoms with Crippen LogP contribution in [0.3, 0.4) is 0 Å². The Kier molecular flexibility index (Phi) is 15.4. The third-order valence-corrected chi connectivity index (χ3v) is 4.83. The van der Waals surface area contributed by atoms with Crippen LogP contribution in [0.25, 0.3) is 11.8 Å². The van der Waals surface area contributed by atoms with Crippen molar-refractivity contribution in [2.24, 2.45) is 0 Å². The summed E-state index contributed by atoms with van der Waals surface area (Å²) in [5.41, 5.74) is 5.86. The van der Waals surface area contributed by atoms with Gasteiger partial charge in [-0.2, -0.15) is 6.08 Å². The summed E-state index contributed by atoms with van der Waals surface area (Å²) in [6.07, 6.45) is 12.6. The Morgan fingerprint density at radius 1 is 0.857 bits per heavy atom. The van der Waals surface area contributed by atoms with Crippen LogP contribution in [-0.4, -0.2) is 9.52 Å². The summed E-state index contributed by atoms with van der Waals surface area (Å²) < 4.78 is 6.20. The van der Waals surface area contributed by atoms with Crippen LogP contribution in [0.5, 0.6) is 5.75 Å². The Morgan fingerprint density at radius 2 is 1.43 bits per heavy atom. The monoisotopic (exact) mass is 512 g/mol. The van der Waals surface area contributed by atoms with E-state index in [-0.39, 0.29) is 21.7 Å². The van der Waals surface area contributed by atoms with Gasteiger partial charge in [0.25, 0.3) is 0 Å². The molecule has 0 unspecified atom stereocenters. The van der Waals surface area contributed by atoms with Crippen LogP contribution in [0, 0.1) is 13.0 Å². The number of hydrogen-bond donors (Lipinski definition) is 0. The van der Waals surface area contributed by atoms with Crippen molar-refractivity contribution in [1.82, 2.24) is 0 Å². The van der Waals surface area contributed by atoms with Gasteiger partial charge in [0.15, 0.2) is 0 Å². The molecule has 0 atom stereocenters. The fourth-order valence-electron chi connectivity index (χ4n) is 3.05. The van der Waals surface area contributed by atoms with Crippen molar-refractivity contribution < 1.29 is 26.5 Å². The molecule has 3 aromatic rings. The molecule has 3 heteroatoms. The molecule has 3 aromatic carbocycles. The number of rotatable bonds is 5. The molecule has 0 amide bonds. The maximum atomic E-state index is 6.20. The van der Waals surface area contributed by atoms with E-state index in [2.05, 4.69) is 101 Å². The standard InChI is InChI=1S/C24H22O.C6H7.C2H7Si.Ti/c1-19-13-16-21(17-14-19)18-15-20(2)24(22-9-5-3-6-10-22)25-23-11-7-4-8-12-23;1-6-4-2-3-5-6;1-3-2;/h3-18H,1-2H3;2,4H,3H2,1H3;3H,1-2H3;/q;-1;;.